The molecule has 1 aromatic rings. The van der Waals surface area contributed by atoms with Crippen molar-refractivity contribution in [3.8, 4) is 0 Å². The minimum Gasteiger partial charge on any atom is -0.399 e. The van der Waals surface area contributed by atoms with E-state index >= 15 is 0 Å². The number of carbonyl (C=O) groups is 1. The highest BCUT2D eigenvalue weighted by Gasteiger charge is 2.52. The van der Waals surface area contributed by atoms with Crippen LogP contribution in [0.25, 0.3) is 0 Å². The lowest BCUT2D eigenvalue weighted by Gasteiger charge is -2.32. The summed E-state index contributed by atoms with van der Waals surface area (Å²) < 4.78 is 49.8. The Morgan fingerprint density at radius 2 is 1.83 bits per heavy atom. The number of rotatable bonds is 3. The van der Waals surface area contributed by atoms with E-state index < -0.39 is 36.9 Å². The number of hydrogen-bond donors (Lipinski definition) is 1. The van der Waals surface area contributed by atoms with Gasteiger partial charge in [0.1, 0.15) is 0 Å². The van der Waals surface area contributed by atoms with Gasteiger partial charge in [0, 0.05) is 18.8 Å². The first-order chi connectivity index (χ1) is 13.3. The fourth-order valence-corrected chi connectivity index (χ4v) is 3.30. The Hall–Kier alpha value is -2.00. The van der Waals surface area contributed by atoms with Gasteiger partial charge in [-0.3, -0.25) is 0 Å². The monoisotopic (exact) mass is 410 g/mol. The van der Waals surface area contributed by atoms with Crippen LogP contribution in [0.4, 0.5) is 23.7 Å². The van der Waals surface area contributed by atoms with Crippen molar-refractivity contribution in [3.63, 3.8) is 0 Å². The lowest BCUT2D eigenvalue weighted by molar-refractivity contribution is -0.127. The quantitative estimate of drug-likeness (QED) is 0.605. The van der Waals surface area contributed by atoms with Crippen LogP contribution in [0.5, 0.6) is 0 Å². The third kappa shape index (κ3) is 4.78. The molecule has 5 nitrogen and oxygen atoms in total. The molecule has 0 spiro atoms. The SMILES string of the molecule is Cc1ccc(NC(=O)N2CC=C(CC(F)(F)F)C2)cc1B1OC(C)(C)C(C)(C)O1. The van der Waals surface area contributed by atoms with Crippen LogP contribution < -0.4 is 10.8 Å². The molecule has 29 heavy (non-hydrogen) atoms. The van der Waals surface area contributed by atoms with Gasteiger partial charge in [-0.2, -0.15) is 13.2 Å². The highest BCUT2D eigenvalue weighted by atomic mass is 19.4. The zero-order chi connectivity index (χ0) is 21.6. The van der Waals surface area contributed by atoms with Crippen molar-refractivity contribution in [2.75, 3.05) is 18.4 Å². The molecule has 0 unspecified atom stereocenters. The van der Waals surface area contributed by atoms with Gasteiger partial charge in [0.05, 0.1) is 17.6 Å². The minimum atomic E-state index is -4.27. The Balaban J connectivity index is 1.68. The lowest BCUT2D eigenvalue weighted by Crippen LogP contribution is -2.41. The molecule has 3 rings (SSSR count). The van der Waals surface area contributed by atoms with Crippen molar-refractivity contribution < 1.29 is 27.3 Å². The summed E-state index contributed by atoms with van der Waals surface area (Å²) in [6.07, 6.45) is -3.81. The molecule has 1 N–H and O–H groups in total. The van der Waals surface area contributed by atoms with Crippen LogP contribution in [0.15, 0.2) is 29.8 Å². The van der Waals surface area contributed by atoms with E-state index in [2.05, 4.69) is 5.32 Å². The van der Waals surface area contributed by atoms with Gasteiger partial charge in [0.2, 0.25) is 0 Å². The molecule has 0 atom stereocenters. The average molecular weight is 410 g/mol. The smallest absolute Gasteiger partial charge is 0.399 e. The molecule has 1 fully saturated rings. The first-order valence-corrected chi connectivity index (χ1v) is 9.54. The Labute approximate surface area is 169 Å². The zero-order valence-corrected chi connectivity index (χ0v) is 17.3. The fourth-order valence-electron chi connectivity index (χ4n) is 3.30. The summed E-state index contributed by atoms with van der Waals surface area (Å²) in [5.41, 5.74) is 1.53. The maximum absolute atomic E-state index is 12.5. The Morgan fingerprint density at radius 1 is 1.21 bits per heavy atom. The molecule has 2 aliphatic rings. The molecule has 2 amide bonds. The van der Waals surface area contributed by atoms with Crippen LogP contribution >= 0.6 is 0 Å². The number of amides is 2. The zero-order valence-electron chi connectivity index (χ0n) is 17.3. The number of alkyl halides is 3. The molecule has 2 heterocycles. The van der Waals surface area contributed by atoms with Gasteiger partial charge < -0.3 is 19.5 Å². The van der Waals surface area contributed by atoms with Crippen molar-refractivity contribution in [2.45, 2.75) is 58.4 Å². The maximum atomic E-state index is 12.5. The van der Waals surface area contributed by atoms with E-state index in [4.69, 9.17) is 9.31 Å². The molecule has 0 radical (unpaired) electrons. The molecule has 9 heteroatoms. The van der Waals surface area contributed by atoms with Crippen molar-refractivity contribution in [1.82, 2.24) is 4.90 Å². The normalized spacial score (nSPS) is 20.8. The van der Waals surface area contributed by atoms with Crippen LogP contribution in [0, 0.1) is 6.92 Å². The van der Waals surface area contributed by atoms with Gasteiger partial charge in [0.25, 0.3) is 0 Å². The van der Waals surface area contributed by atoms with Crippen LogP contribution in [0.3, 0.4) is 0 Å². The number of benzene rings is 1. The molecular weight excluding hydrogens is 384 g/mol. The van der Waals surface area contributed by atoms with Crippen LogP contribution in [0.1, 0.15) is 39.7 Å². The van der Waals surface area contributed by atoms with Gasteiger partial charge >= 0.3 is 19.3 Å². The van der Waals surface area contributed by atoms with Gasteiger partial charge in [-0.05, 0) is 57.8 Å². The van der Waals surface area contributed by atoms with Crippen LogP contribution in [0.2, 0.25) is 0 Å². The Kier molecular flexibility index (Phi) is 5.51. The van der Waals surface area contributed by atoms with E-state index in [1.54, 1.807) is 12.1 Å². The molecule has 1 aromatic carbocycles. The number of carbonyl (C=O) groups excluding carboxylic acids is 1. The number of nitrogens with zero attached hydrogens (tertiary/aromatic N) is 1. The summed E-state index contributed by atoms with van der Waals surface area (Å²) >= 11 is 0. The summed E-state index contributed by atoms with van der Waals surface area (Å²) in [5, 5.41) is 2.76. The Morgan fingerprint density at radius 3 is 2.41 bits per heavy atom. The molecule has 0 aliphatic carbocycles. The average Bonchev–Trinajstić information content (AvgIpc) is 3.09. The Bertz CT molecular complexity index is 821. The summed E-state index contributed by atoms with van der Waals surface area (Å²) in [6, 6.07) is 4.95. The molecule has 0 bridgehead atoms. The first kappa shape index (κ1) is 21.7. The highest BCUT2D eigenvalue weighted by Crippen LogP contribution is 2.37. The van der Waals surface area contributed by atoms with Crippen LogP contribution in [-0.4, -0.2) is 48.5 Å². The predicted octanol–water partition coefficient (Wildman–Crippen LogP) is 4.02. The number of anilines is 1. The molecule has 0 aromatic heterocycles. The maximum Gasteiger partial charge on any atom is 0.495 e. The van der Waals surface area contributed by atoms with E-state index in [9.17, 15) is 18.0 Å². The number of nitrogens with one attached hydrogen (secondary N) is 1. The van der Waals surface area contributed by atoms with Gasteiger partial charge in [-0.25, -0.2) is 4.79 Å². The second-order valence-electron chi connectivity index (χ2n) is 8.62. The third-order valence-corrected chi connectivity index (χ3v) is 5.75. The predicted molar refractivity (Wildman–Crippen MR) is 106 cm³/mol. The summed E-state index contributed by atoms with van der Waals surface area (Å²) in [7, 11) is -0.566. The number of halogens is 3. The number of aryl methyl sites for hydroxylation is 1. The first-order valence-electron chi connectivity index (χ1n) is 9.54. The molecule has 1 saturated heterocycles. The standard InChI is InChI=1S/C20H26BF3N2O3/c1-13-6-7-15(10-16(13)21-28-18(2,3)19(4,5)29-21)25-17(27)26-9-8-14(12-26)11-20(22,23)24/h6-8,10H,9,11-12H2,1-5H3,(H,25,27). The highest BCUT2D eigenvalue weighted by molar-refractivity contribution is 6.62. The molecule has 158 valence electrons. The van der Waals surface area contributed by atoms with Gasteiger partial charge in [0.15, 0.2) is 0 Å². The largest absolute Gasteiger partial charge is 0.495 e. The van der Waals surface area contributed by atoms with E-state index in [0.29, 0.717) is 5.69 Å². The topological polar surface area (TPSA) is 50.8 Å². The number of hydrogen-bond acceptors (Lipinski definition) is 3. The summed E-state index contributed by atoms with van der Waals surface area (Å²) in [5.74, 6) is 0. The van der Waals surface area contributed by atoms with Crippen molar-refractivity contribution in [1.29, 1.82) is 0 Å². The van der Waals surface area contributed by atoms with Gasteiger partial charge in [-0.1, -0.05) is 17.7 Å². The molecular formula is C20H26BF3N2O3. The van der Waals surface area contributed by atoms with Crippen molar-refractivity contribution >= 4 is 24.3 Å². The summed E-state index contributed by atoms with van der Waals surface area (Å²) in [4.78, 5) is 13.8. The van der Waals surface area contributed by atoms with Crippen molar-refractivity contribution in [2.24, 2.45) is 0 Å². The minimum absolute atomic E-state index is 0.0265. The molecule has 0 saturated carbocycles. The molecule has 2 aliphatic heterocycles. The third-order valence-electron chi connectivity index (χ3n) is 5.75. The van der Waals surface area contributed by atoms with Gasteiger partial charge in [-0.15, -0.1) is 0 Å². The van der Waals surface area contributed by atoms with E-state index in [1.807, 2.05) is 40.7 Å². The second kappa shape index (κ2) is 7.36. The van der Waals surface area contributed by atoms with E-state index in [1.165, 1.54) is 11.0 Å². The van der Waals surface area contributed by atoms with E-state index in [-0.39, 0.29) is 18.7 Å². The fraction of sp³-hybridized carbons (Fsp3) is 0.550. The van der Waals surface area contributed by atoms with Crippen LogP contribution in [-0.2, 0) is 9.31 Å². The second-order valence-corrected chi connectivity index (χ2v) is 8.62. The summed E-state index contributed by atoms with van der Waals surface area (Å²) in [6.45, 7) is 9.92. The van der Waals surface area contributed by atoms with E-state index in [0.717, 1.165) is 11.0 Å². The lowest BCUT2D eigenvalue weighted by atomic mass is 9.76. The van der Waals surface area contributed by atoms with Crippen molar-refractivity contribution in [3.05, 3.63) is 35.4 Å². The number of urea groups is 1.